The van der Waals surface area contributed by atoms with E-state index in [4.69, 9.17) is 10.6 Å². The summed E-state index contributed by atoms with van der Waals surface area (Å²) < 4.78 is 1.91. The highest BCUT2D eigenvalue weighted by Crippen LogP contribution is 2.40. The van der Waals surface area contributed by atoms with Crippen LogP contribution in [0.5, 0.6) is 0 Å². The summed E-state index contributed by atoms with van der Waals surface area (Å²) in [7, 11) is 1.29. The van der Waals surface area contributed by atoms with Crippen LogP contribution in [0.25, 0.3) is 0 Å². The summed E-state index contributed by atoms with van der Waals surface area (Å²) in [5, 5.41) is 17.7. The standard InChI is InChI=1S/C25H31N7O5S2/c1-5-31(14(2)3)10-15-6-8-30(9-7-15)11-16-12-38-23-19(22(34)32(23)20(16)24(35)36)28-21(33)18(29-37-4)17-13-39-25(26)27-17/h6-9,13-14,19,23H,5,10-12H2,1-4H3,(H3-,26,27,28,33,35,36)/p+1/b29-18-/t19-,23-/m1/s1. The van der Waals surface area contributed by atoms with E-state index in [2.05, 4.69) is 41.1 Å². The van der Waals surface area contributed by atoms with Gasteiger partial charge in [-0.25, -0.2) is 14.3 Å². The largest absolute Gasteiger partial charge is 0.477 e. The Bertz CT molecular complexity index is 1310. The fraction of sp³-hybridized carbons (Fsp3) is 0.440. The minimum absolute atomic E-state index is 0.0409. The molecule has 1 saturated heterocycles. The number of carbonyl (C=O) groups excluding carboxylic acids is 2. The maximum absolute atomic E-state index is 13.1. The van der Waals surface area contributed by atoms with Gasteiger partial charge >= 0.3 is 5.97 Å². The van der Waals surface area contributed by atoms with E-state index in [1.807, 2.05) is 29.1 Å². The first kappa shape index (κ1) is 28.5. The zero-order valence-corrected chi connectivity index (χ0v) is 23.8. The van der Waals surface area contributed by atoms with Gasteiger partial charge in [0.05, 0.1) is 0 Å². The maximum atomic E-state index is 13.1. The Hall–Kier alpha value is -3.49. The first-order valence-corrected chi connectivity index (χ1v) is 14.3. The molecule has 0 saturated carbocycles. The molecule has 14 heteroatoms. The van der Waals surface area contributed by atoms with Crippen molar-refractivity contribution in [1.29, 1.82) is 0 Å². The molecule has 0 bridgehead atoms. The molecule has 4 rings (SSSR count). The monoisotopic (exact) mass is 574 g/mol. The number of pyridine rings is 1. The van der Waals surface area contributed by atoms with Crippen LogP contribution in [-0.2, 0) is 32.3 Å². The Labute approximate surface area is 234 Å². The van der Waals surface area contributed by atoms with Gasteiger partial charge in [0, 0.05) is 41.4 Å². The molecular formula is C25H32N7O5S2+. The highest BCUT2D eigenvalue weighted by molar-refractivity contribution is 8.00. The number of thioether (sulfide) groups is 1. The number of fused-ring (bicyclic) bond motifs is 1. The van der Waals surface area contributed by atoms with E-state index in [0.29, 0.717) is 23.9 Å². The molecule has 2 atom stereocenters. The number of amides is 2. The Morgan fingerprint density at radius 1 is 1.38 bits per heavy atom. The quantitative estimate of drug-likeness (QED) is 0.155. The lowest BCUT2D eigenvalue weighted by Gasteiger charge is -2.49. The van der Waals surface area contributed by atoms with Gasteiger partial charge in [0.2, 0.25) is 0 Å². The van der Waals surface area contributed by atoms with Crippen LogP contribution >= 0.6 is 23.1 Å². The van der Waals surface area contributed by atoms with Crippen molar-refractivity contribution >= 4 is 51.7 Å². The number of thiazole rings is 1. The fourth-order valence-electron chi connectivity index (χ4n) is 4.52. The van der Waals surface area contributed by atoms with E-state index in [1.54, 1.807) is 5.38 Å². The van der Waals surface area contributed by atoms with Gasteiger partial charge in [0.15, 0.2) is 29.8 Å². The second-order valence-corrected chi connectivity index (χ2v) is 11.3. The van der Waals surface area contributed by atoms with Gasteiger partial charge in [0.1, 0.15) is 29.9 Å². The predicted molar refractivity (Wildman–Crippen MR) is 148 cm³/mol. The second kappa shape index (κ2) is 12.1. The van der Waals surface area contributed by atoms with Gasteiger partial charge < -0.3 is 21.0 Å². The van der Waals surface area contributed by atoms with Gasteiger partial charge in [-0.05, 0) is 26.0 Å². The number of carboxylic acid groups (broad SMARTS) is 1. The molecule has 2 aromatic rings. The third-order valence-corrected chi connectivity index (χ3v) is 8.57. The summed E-state index contributed by atoms with van der Waals surface area (Å²) >= 11 is 2.54. The molecule has 2 aromatic heterocycles. The third kappa shape index (κ3) is 6.07. The highest BCUT2D eigenvalue weighted by atomic mass is 32.2. The minimum Gasteiger partial charge on any atom is -0.477 e. The summed E-state index contributed by atoms with van der Waals surface area (Å²) in [6.45, 7) is 8.57. The topological polar surface area (TPSA) is 154 Å². The van der Waals surface area contributed by atoms with E-state index in [0.717, 1.165) is 24.4 Å². The minimum atomic E-state index is -1.18. The van der Waals surface area contributed by atoms with Crippen molar-refractivity contribution in [2.75, 3.05) is 25.1 Å². The molecule has 2 amide bonds. The smallest absolute Gasteiger partial charge is 0.352 e. The normalized spacial score (nSPS) is 19.3. The molecule has 4 heterocycles. The molecule has 4 N–H and O–H groups in total. The van der Waals surface area contributed by atoms with E-state index in [-0.39, 0.29) is 22.2 Å². The fourth-order valence-corrected chi connectivity index (χ4v) is 6.40. The SMILES string of the molecule is CCN(Cc1cc[n+](CC2=C(C(=O)O)N3C(=O)[C@@H](NC(=O)/C(=N\OC)c4csc(N)n4)[C@H]3SC2)cc1)C(C)C. The van der Waals surface area contributed by atoms with E-state index in [1.165, 1.54) is 29.3 Å². The van der Waals surface area contributed by atoms with Crippen molar-refractivity contribution < 1.29 is 28.9 Å². The molecule has 2 aliphatic heterocycles. The number of nitrogens with zero attached hydrogens (tertiary/aromatic N) is 5. The first-order valence-electron chi connectivity index (χ1n) is 12.4. The zero-order valence-electron chi connectivity index (χ0n) is 22.2. The Kier molecular flexibility index (Phi) is 8.87. The molecule has 0 aromatic carbocycles. The van der Waals surface area contributed by atoms with Crippen LogP contribution in [0.15, 0.2) is 46.3 Å². The molecule has 0 unspecified atom stereocenters. The van der Waals surface area contributed by atoms with Crippen molar-refractivity contribution in [2.24, 2.45) is 5.16 Å². The molecule has 0 aliphatic carbocycles. The van der Waals surface area contributed by atoms with E-state index in [9.17, 15) is 19.5 Å². The van der Waals surface area contributed by atoms with Crippen LogP contribution in [0, 0.1) is 0 Å². The van der Waals surface area contributed by atoms with Crippen molar-refractivity contribution in [3.8, 4) is 0 Å². The molecule has 2 aliphatic rings. The number of oxime groups is 1. The number of hydrogen-bond acceptors (Lipinski definition) is 10. The number of nitrogens with two attached hydrogens (primary N) is 1. The van der Waals surface area contributed by atoms with Gasteiger partial charge in [0.25, 0.3) is 11.8 Å². The highest BCUT2D eigenvalue weighted by Gasteiger charge is 2.54. The third-order valence-electron chi connectivity index (χ3n) is 6.55. The van der Waals surface area contributed by atoms with Gasteiger partial charge in [-0.3, -0.25) is 19.4 Å². The number of aromatic nitrogens is 2. The van der Waals surface area contributed by atoms with Crippen LogP contribution in [0.2, 0.25) is 0 Å². The lowest BCUT2D eigenvalue weighted by atomic mass is 10.0. The average molecular weight is 575 g/mol. The van der Waals surface area contributed by atoms with Gasteiger partial charge in [-0.15, -0.1) is 23.1 Å². The number of carbonyl (C=O) groups is 3. The second-order valence-electron chi connectivity index (χ2n) is 9.35. The molecule has 39 heavy (non-hydrogen) atoms. The number of nitrogens with one attached hydrogen (secondary N) is 1. The van der Waals surface area contributed by atoms with Crippen molar-refractivity contribution in [1.82, 2.24) is 20.1 Å². The predicted octanol–water partition coefficient (Wildman–Crippen LogP) is 1.03. The molecule has 0 radical (unpaired) electrons. The summed E-state index contributed by atoms with van der Waals surface area (Å²) in [4.78, 5) is 50.7. The Balaban J connectivity index is 1.47. The first-order chi connectivity index (χ1) is 18.6. The van der Waals surface area contributed by atoms with Gasteiger partial charge in [-0.2, -0.15) is 0 Å². The lowest BCUT2D eigenvalue weighted by molar-refractivity contribution is -0.689. The average Bonchev–Trinajstić information content (AvgIpc) is 3.34. The summed E-state index contributed by atoms with van der Waals surface area (Å²) in [5.74, 6) is -1.95. The molecule has 208 valence electrons. The molecule has 0 spiro atoms. The van der Waals surface area contributed by atoms with Crippen LogP contribution in [0.4, 0.5) is 5.13 Å². The van der Waals surface area contributed by atoms with E-state index < -0.39 is 29.2 Å². The lowest BCUT2D eigenvalue weighted by Crippen LogP contribution is -2.71. The van der Waals surface area contributed by atoms with Crippen molar-refractivity contribution in [3.63, 3.8) is 0 Å². The van der Waals surface area contributed by atoms with Crippen LogP contribution in [-0.4, -0.2) is 80.3 Å². The molecule has 12 nitrogen and oxygen atoms in total. The molecule has 1 fully saturated rings. The molecular weight excluding hydrogens is 542 g/mol. The number of carboxylic acids is 1. The number of anilines is 1. The summed E-state index contributed by atoms with van der Waals surface area (Å²) in [6, 6.07) is 3.58. The van der Waals surface area contributed by atoms with Crippen LogP contribution < -0.4 is 15.6 Å². The Morgan fingerprint density at radius 3 is 2.67 bits per heavy atom. The Morgan fingerprint density at radius 2 is 2.10 bits per heavy atom. The maximum Gasteiger partial charge on any atom is 0.352 e. The number of rotatable bonds is 11. The van der Waals surface area contributed by atoms with Crippen molar-refractivity contribution in [2.45, 2.75) is 51.3 Å². The number of aliphatic carboxylic acids is 1. The van der Waals surface area contributed by atoms with Crippen LogP contribution in [0.1, 0.15) is 32.0 Å². The zero-order chi connectivity index (χ0) is 28.3. The number of hydrogen-bond donors (Lipinski definition) is 3. The van der Waals surface area contributed by atoms with Crippen LogP contribution in [0.3, 0.4) is 0 Å². The van der Waals surface area contributed by atoms with E-state index >= 15 is 0 Å². The summed E-state index contributed by atoms with van der Waals surface area (Å²) in [5.41, 5.74) is 7.51. The number of β-lactam (4-membered cyclic amide) rings is 1. The van der Waals surface area contributed by atoms with Gasteiger partial charge in [-0.1, -0.05) is 12.1 Å². The summed E-state index contributed by atoms with van der Waals surface area (Å²) in [6.07, 6.45) is 3.85. The number of nitrogen functional groups attached to an aromatic ring is 1. The van der Waals surface area contributed by atoms with Crippen molar-refractivity contribution in [3.05, 3.63) is 52.4 Å².